The number of amides is 2. The minimum atomic E-state index is -0.702. The highest BCUT2D eigenvalue weighted by Crippen LogP contribution is 2.24. The van der Waals surface area contributed by atoms with Crippen molar-refractivity contribution in [3.63, 3.8) is 0 Å². The van der Waals surface area contributed by atoms with Crippen LogP contribution < -0.4 is 10.6 Å². The molecule has 13 heteroatoms. The molecule has 48 heavy (non-hydrogen) atoms. The molecule has 3 aromatic carbocycles. The molecule has 13 nitrogen and oxygen atoms in total. The number of nitrogens with zero attached hydrogens (tertiary/aromatic N) is 3. The van der Waals surface area contributed by atoms with Crippen LogP contribution in [-0.4, -0.2) is 68.7 Å². The number of carbonyl (C=O) groups is 5. The smallest absolute Gasteiger partial charge is 0.340 e. The van der Waals surface area contributed by atoms with Crippen molar-refractivity contribution in [2.45, 2.75) is 33.7 Å². The van der Waals surface area contributed by atoms with Gasteiger partial charge < -0.3 is 25.2 Å². The monoisotopic (exact) mass is 659 g/mol. The van der Waals surface area contributed by atoms with Gasteiger partial charge in [0.25, 0.3) is 11.8 Å². The maximum absolute atomic E-state index is 11.8. The maximum Gasteiger partial charge on any atom is 0.340 e. The van der Waals surface area contributed by atoms with E-state index >= 15 is 0 Å². The number of esters is 2. The first kappa shape index (κ1) is 40.0. The number of Topliss-reactive ketones (excluding diaryl/α,β-unsaturated/α-hetero) is 1. The standard InChI is InChI=1S/C15H17N3O6.C14H18N2O2.C6H6/c1-8(19)12(13(20)16-2)18-17-11-7-9(14(21)23-3)5-6-10(11)15(22)24-4;1-4-11-5-7-12(8-6-11)9-16-13(10(2)17)14(18)15-3;1-2-4-6-5-3-1/h5-7,19H,1-4H3,(H,16,20);5-8H,4,9H2,1-3H3,(H,15,18);1-6H. The first-order valence-electron chi connectivity index (χ1n) is 14.6. The van der Waals surface area contributed by atoms with Gasteiger partial charge in [0.2, 0.25) is 0 Å². The Bertz CT molecular complexity index is 1600. The summed E-state index contributed by atoms with van der Waals surface area (Å²) in [5.41, 5.74) is 2.00. The summed E-state index contributed by atoms with van der Waals surface area (Å²) in [7, 11) is 5.24. The first-order valence-corrected chi connectivity index (χ1v) is 14.6. The molecular formula is C35H41N5O8. The second kappa shape index (κ2) is 21.7. The average Bonchev–Trinajstić information content (AvgIpc) is 3.11. The molecule has 0 bridgehead atoms. The largest absolute Gasteiger partial charge is 0.510 e. The van der Waals surface area contributed by atoms with Gasteiger partial charge in [-0.1, -0.05) is 67.6 Å². The van der Waals surface area contributed by atoms with E-state index in [1.807, 2.05) is 60.7 Å². The lowest BCUT2D eigenvalue weighted by Gasteiger charge is -2.06. The van der Waals surface area contributed by atoms with E-state index in [4.69, 9.17) is 0 Å². The number of aliphatic hydroxyl groups excluding tert-OH is 1. The topological polar surface area (TPSA) is 185 Å². The molecule has 0 fully saturated rings. The Labute approximate surface area is 279 Å². The van der Waals surface area contributed by atoms with Gasteiger partial charge in [0, 0.05) is 21.0 Å². The molecule has 3 rings (SSSR count). The highest BCUT2D eigenvalue weighted by Gasteiger charge is 2.17. The molecule has 0 aliphatic carbocycles. The Balaban J connectivity index is 0.000000418. The molecule has 0 aliphatic rings. The third kappa shape index (κ3) is 13.6. The summed E-state index contributed by atoms with van der Waals surface area (Å²) in [6.07, 6.45) is 0.987. The fourth-order valence-electron chi connectivity index (χ4n) is 3.54. The Morgan fingerprint density at radius 2 is 1.27 bits per heavy atom. The zero-order valence-corrected chi connectivity index (χ0v) is 28.1. The number of hydrogen-bond acceptors (Lipinski definition) is 11. The average molecular weight is 660 g/mol. The zero-order valence-electron chi connectivity index (χ0n) is 28.1. The Morgan fingerprint density at radius 1 is 0.750 bits per heavy atom. The van der Waals surface area contributed by atoms with Crippen LogP contribution in [0.25, 0.3) is 0 Å². The number of likely N-dealkylation sites (N-methyl/N-ethyl adjacent to an activating group) is 1. The van der Waals surface area contributed by atoms with Crippen LogP contribution in [0.1, 0.15) is 52.6 Å². The van der Waals surface area contributed by atoms with E-state index in [0.717, 1.165) is 12.0 Å². The Morgan fingerprint density at radius 3 is 1.71 bits per heavy atom. The van der Waals surface area contributed by atoms with Crippen molar-refractivity contribution in [3.8, 4) is 0 Å². The van der Waals surface area contributed by atoms with Crippen molar-refractivity contribution in [2.24, 2.45) is 15.2 Å². The SMILES string of the molecule is CCc1ccc(CN=C(C(C)=O)C(=O)NC)cc1.CNC(=O)C(N=Nc1cc(C(=O)OC)ccc1C(=O)OC)=C(C)O.c1ccccc1. The Hall–Kier alpha value is -5.98. The van der Waals surface area contributed by atoms with Crippen LogP contribution in [0, 0.1) is 0 Å². The fourth-order valence-corrected chi connectivity index (χ4v) is 3.54. The second-order valence-electron chi connectivity index (χ2n) is 9.55. The lowest BCUT2D eigenvalue weighted by atomic mass is 10.1. The Kier molecular flexibility index (Phi) is 18.1. The molecule has 0 aliphatic heterocycles. The molecule has 3 N–H and O–H groups in total. The van der Waals surface area contributed by atoms with Crippen molar-refractivity contribution >= 4 is 40.9 Å². The first-order chi connectivity index (χ1) is 22.9. The molecule has 0 saturated heterocycles. The third-order valence-corrected chi connectivity index (χ3v) is 6.16. The summed E-state index contributed by atoms with van der Waals surface area (Å²) < 4.78 is 9.23. The van der Waals surface area contributed by atoms with Crippen LogP contribution in [0.3, 0.4) is 0 Å². The van der Waals surface area contributed by atoms with Gasteiger partial charge in [-0.05, 0) is 42.7 Å². The molecule has 0 atom stereocenters. The van der Waals surface area contributed by atoms with Gasteiger partial charge >= 0.3 is 11.9 Å². The van der Waals surface area contributed by atoms with Crippen molar-refractivity contribution in [3.05, 3.63) is 113 Å². The van der Waals surface area contributed by atoms with E-state index in [1.165, 1.54) is 65.9 Å². The van der Waals surface area contributed by atoms with Crippen LogP contribution in [0.15, 0.2) is 106 Å². The van der Waals surface area contributed by atoms with Crippen LogP contribution in [0.5, 0.6) is 0 Å². The van der Waals surface area contributed by atoms with Gasteiger partial charge in [-0.15, -0.1) is 10.2 Å². The normalized spacial score (nSPS) is 11.0. The van der Waals surface area contributed by atoms with E-state index in [1.54, 1.807) is 0 Å². The number of methoxy groups -OCH3 is 2. The van der Waals surface area contributed by atoms with Crippen LogP contribution in [0.4, 0.5) is 5.69 Å². The van der Waals surface area contributed by atoms with E-state index in [-0.39, 0.29) is 39.8 Å². The molecule has 2 amide bonds. The summed E-state index contributed by atoms with van der Waals surface area (Å²) in [5, 5.41) is 21.6. The molecule has 0 radical (unpaired) electrons. The number of aliphatic imine (C=N–C) groups is 1. The number of azo groups is 1. The van der Waals surface area contributed by atoms with Gasteiger partial charge in [0.05, 0.1) is 31.9 Å². The lowest BCUT2D eigenvalue weighted by molar-refractivity contribution is -0.118. The minimum absolute atomic E-state index is 0.0209. The summed E-state index contributed by atoms with van der Waals surface area (Å²) in [4.78, 5) is 61.8. The van der Waals surface area contributed by atoms with E-state index in [2.05, 4.69) is 42.3 Å². The van der Waals surface area contributed by atoms with Crippen LogP contribution >= 0.6 is 0 Å². The summed E-state index contributed by atoms with van der Waals surface area (Å²) in [6.45, 7) is 5.03. The van der Waals surface area contributed by atoms with E-state index in [0.29, 0.717) is 6.54 Å². The summed E-state index contributed by atoms with van der Waals surface area (Å²) in [6, 6.07) is 23.9. The number of hydrogen-bond donors (Lipinski definition) is 3. The highest BCUT2D eigenvalue weighted by molar-refractivity contribution is 6.65. The number of carbonyl (C=O) groups excluding carboxylic acids is 5. The summed E-state index contributed by atoms with van der Waals surface area (Å²) >= 11 is 0. The van der Waals surface area contributed by atoms with Gasteiger partial charge in [-0.2, -0.15) is 0 Å². The molecule has 0 unspecified atom stereocenters. The molecule has 3 aromatic rings. The number of aryl methyl sites for hydroxylation is 1. The predicted molar refractivity (Wildman–Crippen MR) is 181 cm³/mol. The van der Waals surface area contributed by atoms with Gasteiger partial charge in [-0.3, -0.25) is 19.4 Å². The number of allylic oxidation sites excluding steroid dienone is 1. The van der Waals surface area contributed by atoms with Crippen molar-refractivity contribution in [1.82, 2.24) is 10.6 Å². The van der Waals surface area contributed by atoms with Crippen LogP contribution in [0.2, 0.25) is 0 Å². The molecule has 0 heterocycles. The van der Waals surface area contributed by atoms with E-state index < -0.39 is 23.8 Å². The number of rotatable bonds is 10. The lowest BCUT2D eigenvalue weighted by Crippen LogP contribution is -2.32. The third-order valence-electron chi connectivity index (χ3n) is 6.16. The summed E-state index contributed by atoms with van der Waals surface area (Å²) in [5.74, 6) is -3.12. The number of nitrogens with one attached hydrogen (secondary N) is 2. The van der Waals surface area contributed by atoms with Crippen molar-refractivity contribution in [2.75, 3.05) is 28.3 Å². The predicted octanol–water partition coefficient (Wildman–Crippen LogP) is 5.09. The van der Waals surface area contributed by atoms with Crippen LogP contribution in [-0.2, 0) is 36.8 Å². The van der Waals surface area contributed by atoms with Gasteiger partial charge in [-0.25, -0.2) is 9.59 Å². The fraction of sp³-hybridized carbons (Fsp3) is 0.257. The number of benzene rings is 3. The minimum Gasteiger partial charge on any atom is -0.510 e. The molecule has 0 aromatic heterocycles. The zero-order chi connectivity index (χ0) is 36.1. The highest BCUT2D eigenvalue weighted by atomic mass is 16.5. The quantitative estimate of drug-likeness (QED) is 0.0671. The van der Waals surface area contributed by atoms with Gasteiger partial charge in [0.15, 0.2) is 17.2 Å². The second-order valence-corrected chi connectivity index (χ2v) is 9.55. The number of ether oxygens (including phenoxy) is 2. The molecule has 254 valence electrons. The molecule has 0 saturated carbocycles. The molecule has 0 spiro atoms. The van der Waals surface area contributed by atoms with Crippen molar-refractivity contribution in [1.29, 1.82) is 0 Å². The molecular weight excluding hydrogens is 618 g/mol. The number of aliphatic hydroxyl groups is 1. The van der Waals surface area contributed by atoms with Crippen molar-refractivity contribution < 1.29 is 38.6 Å². The van der Waals surface area contributed by atoms with E-state index in [9.17, 15) is 29.1 Å². The van der Waals surface area contributed by atoms with Gasteiger partial charge in [0.1, 0.15) is 11.4 Å². The number of ketones is 1. The maximum atomic E-state index is 11.8.